The molecule has 2 unspecified atom stereocenters. The molecule has 4 nitrogen and oxygen atoms in total. The fraction of sp³-hybridized carbons (Fsp3) is 0.542. The summed E-state index contributed by atoms with van der Waals surface area (Å²) >= 11 is 0. The molecule has 1 heterocycles. The van der Waals surface area contributed by atoms with Crippen LogP contribution in [0.15, 0.2) is 42.5 Å². The number of carbonyl (C=O) groups excluding carboxylic acids is 1. The van der Waals surface area contributed by atoms with Crippen molar-refractivity contribution < 1.29 is 4.79 Å². The number of carbonyl (C=O) groups is 1. The van der Waals surface area contributed by atoms with Gasteiger partial charge in [0.2, 0.25) is 0 Å². The average molecular weight is 380 g/mol. The van der Waals surface area contributed by atoms with Crippen LogP contribution in [0.5, 0.6) is 0 Å². The van der Waals surface area contributed by atoms with E-state index >= 15 is 0 Å². The number of rotatable bonds is 4. The standard InChI is InChI=1S/C24H33N3O/c1-18(21-15-9-11-19-10-3-6-14-22(19)21)27(20-12-4-5-13-20)24(28)25-23-16-7-8-17-26(23)2/h3,6,9-11,14-15,18,20,23H,4-5,7-8,12-13,16-17H2,1-2H3,(H,25,28). The van der Waals surface area contributed by atoms with Crippen LogP contribution in [-0.2, 0) is 0 Å². The third kappa shape index (κ3) is 3.88. The highest BCUT2D eigenvalue weighted by molar-refractivity contribution is 5.86. The number of nitrogens with one attached hydrogen (secondary N) is 1. The largest absolute Gasteiger partial charge is 0.322 e. The molecule has 28 heavy (non-hydrogen) atoms. The Morgan fingerprint density at radius 2 is 1.75 bits per heavy atom. The van der Waals surface area contributed by atoms with E-state index in [0.717, 1.165) is 25.8 Å². The molecule has 1 N–H and O–H groups in total. The molecule has 2 atom stereocenters. The van der Waals surface area contributed by atoms with Gasteiger partial charge >= 0.3 is 6.03 Å². The molecule has 4 heteroatoms. The molecule has 1 aliphatic carbocycles. The third-order valence-electron chi connectivity index (χ3n) is 6.70. The second kappa shape index (κ2) is 8.52. The number of piperidine rings is 1. The maximum absolute atomic E-state index is 13.5. The molecule has 150 valence electrons. The smallest absolute Gasteiger partial charge is 0.319 e. The van der Waals surface area contributed by atoms with E-state index in [1.165, 1.54) is 42.0 Å². The lowest BCUT2D eigenvalue weighted by atomic mass is 9.97. The molecular formula is C24H33N3O. The molecule has 2 amide bonds. The Morgan fingerprint density at radius 1 is 1.04 bits per heavy atom. The molecule has 2 fully saturated rings. The molecule has 1 aliphatic heterocycles. The molecule has 0 radical (unpaired) electrons. The Morgan fingerprint density at radius 3 is 2.54 bits per heavy atom. The average Bonchev–Trinajstić information content (AvgIpc) is 3.23. The van der Waals surface area contributed by atoms with Crippen LogP contribution in [0.1, 0.15) is 63.5 Å². The zero-order chi connectivity index (χ0) is 19.5. The van der Waals surface area contributed by atoms with Crippen LogP contribution < -0.4 is 5.32 Å². The maximum Gasteiger partial charge on any atom is 0.319 e. The summed E-state index contributed by atoms with van der Waals surface area (Å²) in [5.41, 5.74) is 1.25. The monoisotopic (exact) mass is 379 g/mol. The van der Waals surface area contributed by atoms with Crippen LogP contribution in [-0.4, -0.2) is 41.6 Å². The van der Waals surface area contributed by atoms with E-state index in [-0.39, 0.29) is 18.2 Å². The first-order chi connectivity index (χ1) is 13.6. The summed E-state index contributed by atoms with van der Waals surface area (Å²) in [6.45, 7) is 3.26. The van der Waals surface area contributed by atoms with Crippen molar-refractivity contribution in [2.45, 2.75) is 70.1 Å². The van der Waals surface area contributed by atoms with Gasteiger partial charge < -0.3 is 10.2 Å². The summed E-state index contributed by atoms with van der Waals surface area (Å²) in [5, 5.41) is 5.85. The SMILES string of the molecule is CC(c1cccc2ccccc12)N(C(=O)NC1CCCCN1C)C1CCCC1. The lowest BCUT2D eigenvalue weighted by Gasteiger charge is -2.39. The van der Waals surface area contributed by atoms with Crippen molar-refractivity contribution in [1.29, 1.82) is 0 Å². The van der Waals surface area contributed by atoms with Crippen molar-refractivity contribution in [2.75, 3.05) is 13.6 Å². The van der Waals surface area contributed by atoms with E-state index in [0.29, 0.717) is 6.04 Å². The molecule has 2 aliphatic rings. The van der Waals surface area contributed by atoms with E-state index in [4.69, 9.17) is 0 Å². The minimum absolute atomic E-state index is 0.0584. The van der Waals surface area contributed by atoms with Crippen molar-refractivity contribution in [3.05, 3.63) is 48.0 Å². The first kappa shape index (κ1) is 19.3. The number of benzene rings is 2. The topological polar surface area (TPSA) is 35.6 Å². The summed E-state index contributed by atoms with van der Waals surface area (Å²) in [6.07, 6.45) is 8.29. The van der Waals surface area contributed by atoms with E-state index in [1.807, 2.05) is 0 Å². The Balaban J connectivity index is 1.62. The van der Waals surface area contributed by atoms with Crippen LogP contribution in [0, 0.1) is 0 Å². The van der Waals surface area contributed by atoms with E-state index < -0.39 is 0 Å². The molecule has 4 rings (SSSR count). The summed E-state index contributed by atoms with van der Waals surface area (Å²) in [6, 6.07) is 15.5. The second-order valence-corrected chi connectivity index (χ2v) is 8.53. The first-order valence-electron chi connectivity index (χ1n) is 10.9. The predicted molar refractivity (Wildman–Crippen MR) is 115 cm³/mol. The number of fused-ring (bicyclic) bond motifs is 1. The van der Waals surface area contributed by atoms with Crippen LogP contribution in [0.25, 0.3) is 10.8 Å². The van der Waals surface area contributed by atoms with Crippen LogP contribution in [0.3, 0.4) is 0 Å². The molecule has 0 spiro atoms. The zero-order valence-electron chi connectivity index (χ0n) is 17.2. The minimum atomic E-state index is 0.0584. The number of nitrogens with zero attached hydrogens (tertiary/aromatic N) is 2. The van der Waals surface area contributed by atoms with Crippen LogP contribution >= 0.6 is 0 Å². The number of hydrogen-bond donors (Lipinski definition) is 1. The molecule has 0 aromatic heterocycles. The Hall–Kier alpha value is -2.07. The van der Waals surface area contributed by atoms with Gasteiger partial charge in [-0.1, -0.05) is 55.3 Å². The van der Waals surface area contributed by atoms with Gasteiger partial charge in [0, 0.05) is 6.04 Å². The van der Waals surface area contributed by atoms with Gasteiger partial charge in [-0.05, 0) is 69.0 Å². The fourth-order valence-corrected chi connectivity index (χ4v) is 5.08. The number of urea groups is 1. The second-order valence-electron chi connectivity index (χ2n) is 8.53. The quantitative estimate of drug-likeness (QED) is 0.783. The highest BCUT2D eigenvalue weighted by Crippen LogP contribution is 2.34. The van der Waals surface area contributed by atoms with Crippen molar-refractivity contribution in [2.24, 2.45) is 0 Å². The minimum Gasteiger partial charge on any atom is -0.322 e. The molecular weight excluding hydrogens is 346 g/mol. The number of likely N-dealkylation sites (tertiary alicyclic amines) is 1. The van der Waals surface area contributed by atoms with E-state index in [1.54, 1.807) is 0 Å². The van der Waals surface area contributed by atoms with E-state index in [2.05, 4.69) is 71.6 Å². The molecule has 0 bridgehead atoms. The van der Waals surface area contributed by atoms with Crippen molar-refractivity contribution in [3.63, 3.8) is 0 Å². The van der Waals surface area contributed by atoms with Gasteiger partial charge in [-0.2, -0.15) is 0 Å². The van der Waals surface area contributed by atoms with Gasteiger partial charge in [0.15, 0.2) is 0 Å². The number of hydrogen-bond acceptors (Lipinski definition) is 2. The summed E-state index contributed by atoms with van der Waals surface area (Å²) in [4.78, 5) is 17.9. The van der Waals surface area contributed by atoms with Gasteiger partial charge in [-0.25, -0.2) is 4.79 Å². The predicted octanol–water partition coefficient (Wildman–Crippen LogP) is 5.30. The van der Waals surface area contributed by atoms with Gasteiger partial charge in [-0.15, -0.1) is 0 Å². The third-order valence-corrected chi connectivity index (χ3v) is 6.70. The van der Waals surface area contributed by atoms with Crippen molar-refractivity contribution >= 4 is 16.8 Å². The van der Waals surface area contributed by atoms with E-state index in [9.17, 15) is 4.79 Å². The van der Waals surface area contributed by atoms with Crippen molar-refractivity contribution in [1.82, 2.24) is 15.1 Å². The molecule has 2 aromatic rings. The molecule has 2 aromatic carbocycles. The van der Waals surface area contributed by atoms with Crippen LogP contribution in [0.2, 0.25) is 0 Å². The summed E-state index contributed by atoms with van der Waals surface area (Å²) in [5.74, 6) is 0. The van der Waals surface area contributed by atoms with Crippen molar-refractivity contribution in [3.8, 4) is 0 Å². The first-order valence-corrected chi connectivity index (χ1v) is 10.9. The molecule has 1 saturated carbocycles. The normalized spacial score (nSPS) is 22.3. The maximum atomic E-state index is 13.5. The van der Waals surface area contributed by atoms with Gasteiger partial charge in [0.1, 0.15) is 0 Å². The Kier molecular flexibility index (Phi) is 5.86. The van der Waals surface area contributed by atoms with Crippen LogP contribution in [0.4, 0.5) is 4.79 Å². The highest BCUT2D eigenvalue weighted by Gasteiger charge is 2.33. The summed E-state index contributed by atoms with van der Waals surface area (Å²) in [7, 11) is 2.12. The fourth-order valence-electron chi connectivity index (χ4n) is 5.08. The number of amides is 2. The Bertz CT molecular complexity index is 809. The lowest BCUT2D eigenvalue weighted by molar-refractivity contribution is 0.115. The van der Waals surface area contributed by atoms with Gasteiger partial charge in [0.25, 0.3) is 0 Å². The zero-order valence-corrected chi connectivity index (χ0v) is 17.2. The molecule has 1 saturated heterocycles. The summed E-state index contributed by atoms with van der Waals surface area (Å²) < 4.78 is 0. The Labute approximate surface area is 168 Å². The van der Waals surface area contributed by atoms with Gasteiger partial charge in [0.05, 0.1) is 12.2 Å². The highest BCUT2D eigenvalue weighted by atomic mass is 16.2. The van der Waals surface area contributed by atoms with Gasteiger partial charge in [-0.3, -0.25) is 4.90 Å². The lowest BCUT2D eigenvalue weighted by Crippen LogP contribution is -2.55.